The SMILES string of the molecule is COc1ccc(CCSc2nnc(-c3ccccc3)n2-c2ccccc2)cc1. The molecular weight excluding hydrogens is 366 g/mol. The Hall–Kier alpha value is -3.05. The van der Waals surface area contributed by atoms with Gasteiger partial charge in [0.2, 0.25) is 0 Å². The van der Waals surface area contributed by atoms with E-state index in [1.807, 2.05) is 48.5 Å². The molecule has 4 rings (SSSR count). The number of thioether (sulfide) groups is 1. The fraction of sp³-hybridized carbons (Fsp3) is 0.130. The Bertz CT molecular complexity index is 1010. The van der Waals surface area contributed by atoms with Crippen LogP contribution < -0.4 is 4.74 Å². The first-order valence-corrected chi connectivity index (χ1v) is 10.2. The summed E-state index contributed by atoms with van der Waals surface area (Å²) in [5.74, 6) is 2.66. The lowest BCUT2D eigenvalue weighted by atomic mass is 10.2. The van der Waals surface area contributed by atoms with E-state index in [0.29, 0.717) is 0 Å². The third-order valence-electron chi connectivity index (χ3n) is 4.46. The molecule has 0 amide bonds. The second-order valence-electron chi connectivity index (χ2n) is 6.29. The van der Waals surface area contributed by atoms with Crippen LogP contribution in [0, 0.1) is 0 Å². The molecule has 0 fully saturated rings. The van der Waals surface area contributed by atoms with Crippen molar-refractivity contribution in [3.8, 4) is 22.8 Å². The lowest BCUT2D eigenvalue weighted by Gasteiger charge is -2.10. The molecule has 1 aromatic heterocycles. The second-order valence-corrected chi connectivity index (χ2v) is 7.35. The van der Waals surface area contributed by atoms with Crippen molar-refractivity contribution in [3.63, 3.8) is 0 Å². The monoisotopic (exact) mass is 387 g/mol. The highest BCUT2D eigenvalue weighted by molar-refractivity contribution is 7.99. The maximum atomic E-state index is 5.23. The number of hydrogen-bond acceptors (Lipinski definition) is 4. The summed E-state index contributed by atoms with van der Waals surface area (Å²) < 4.78 is 7.36. The molecule has 0 aliphatic carbocycles. The molecular formula is C23H21N3OS. The van der Waals surface area contributed by atoms with Gasteiger partial charge in [-0.1, -0.05) is 72.4 Å². The van der Waals surface area contributed by atoms with Crippen LogP contribution in [0.25, 0.3) is 17.1 Å². The summed E-state index contributed by atoms with van der Waals surface area (Å²) in [6.07, 6.45) is 0.955. The number of aromatic nitrogens is 3. The number of benzene rings is 3. The normalized spacial score (nSPS) is 10.8. The zero-order valence-corrected chi connectivity index (χ0v) is 16.5. The molecule has 5 heteroatoms. The summed E-state index contributed by atoms with van der Waals surface area (Å²) in [5, 5.41) is 9.87. The number of ether oxygens (including phenoxy) is 1. The van der Waals surface area contributed by atoms with Gasteiger partial charge in [-0.05, 0) is 36.2 Å². The molecule has 0 aliphatic rings. The van der Waals surface area contributed by atoms with E-state index in [4.69, 9.17) is 4.74 Å². The minimum atomic E-state index is 0.860. The van der Waals surface area contributed by atoms with Crippen LogP contribution >= 0.6 is 11.8 Å². The Morgan fingerprint density at radius 3 is 2.18 bits per heavy atom. The number of methoxy groups -OCH3 is 1. The van der Waals surface area contributed by atoms with Crippen LogP contribution in [-0.2, 0) is 6.42 Å². The molecule has 0 N–H and O–H groups in total. The average molecular weight is 388 g/mol. The van der Waals surface area contributed by atoms with Crippen molar-refractivity contribution in [1.82, 2.24) is 14.8 Å². The fourth-order valence-corrected chi connectivity index (χ4v) is 3.94. The van der Waals surface area contributed by atoms with Gasteiger partial charge in [0.15, 0.2) is 11.0 Å². The van der Waals surface area contributed by atoms with Crippen molar-refractivity contribution in [3.05, 3.63) is 90.5 Å². The third-order valence-corrected chi connectivity index (χ3v) is 5.39. The number of hydrogen-bond donors (Lipinski definition) is 0. The van der Waals surface area contributed by atoms with Crippen molar-refractivity contribution in [1.29, 1.82) is 0 Å². The molecule has 0 bridgehead atoms. The maximum absolute atomic E-state index is 5.23. The molecule has 4 nitrogen and oxygen atoms in total. The lowest BCUT2D eigenvalue weighted by Crippen LogP contribution is -2.00. The van der Waals surface area contributed by atoms with Gasteiger partial charge in [-0.15, -0.1) is 10.2 Å². The van der Waals surface area contributed by atoms with Gasteiger partial charge in [-0.3, -0.25) is 4.57 Å². The van der Waals surface area contributed by atoms with E-state index >= 15 is 0 Å². The number of rotatable bonds is 7. The van der Waals surface area contributed by atoms with Crippen LogP contribution in [0.15, 0.2) is 90.1 Å². The van der Waals surface area contributed by atoms with Crippen molar-refractivity contribution in [2.45, 2.75) is 11.6 Å². The predicted octanol–water partition coefficient (Wildman–Crippen LogP) is 5.28. The van der Waals surface area contributed by atoms with E-state index in [-0.39, 0.29) is 0 Å². The fourth-order valence-electron chi connectivity index (χ4n) is 3.00. The molecule has 140 valence electrons. The van der Waals surface area contributed by atoms with E-state index in [2.05, 4.69) is 51.2 Å². The predicted molar refractivity (Wildman–Crippen MR) is 114 cm³/mol. The van der Waals surface area contributed by atoms with Gasteiger partial charge in [0.25, 0.3) is 0 Å². The Morgan fingerprint density at radius 2 is 1.50 bits per heavy atom. The van der Waals surface area contributed by atoms with E-state index in [9.17, 15) is 0 Å². The van der Waals surface area contributed by atoms with Crippen molar-refractivity contribution in [2.24, 2.45) is 0 Å². The number of nitrogens with zero attached hydrogens (tertiary/aromatic N) is 3. The summed E-state index contributed by atoms with van der Waals surface area (Å²) in [4.78, 5) is 0. The van der Waals surface area contributed by atoms with E-state index in [1.54, 1.807) is 18.9 Å². The van der Waals surface area contributed by atoms with E-state index in [0.717, 1.165) is 40.2 Å². The molecule has 0 saturated heterocycles. The van der Waals surface area contributed by atoms with Gasteiger partial charge in [0.1, 0.15) is 5.75 Å². The summed E-state index contributed by atoms with van der Waals surface area (Å²) in [6, 6.07) is 28.7. The molecule has 28 heavy (non-hydrogen) atoms. The van der Waals surface area contributed by atoms with E-state index < -0.39 is 0 Å². The zero-order valence-electron chi connectivity index (χ0n) is 15.7. The molecule has 4 aromatic rings. The third kappa shape index (κ3) is 4.10. The Labute approximate surface area is 169 Å². The van der Waals surface area contributed by atoms with Crippen LogP contribution in [0.1, 0.15) is 5.56 Å². The van der Waals surface area contributed by atoms with Crippen LogP contribution in [0.5, 0.6) is 5.75 Å². The van der Waals surface area contributed by atoms with Crippen LogP contribution in [0.4, 0.5) is 0 Å². The summed E-state index contributed by atoms with van der Waals surface area (Å²) in [7, 11) is 1.69. The average Bonchev–Trinajstić information content (AvgIpc) is 3.19. The van der Waals surface area contributed by atoms with Crippen molar-refractivity contribution in [2.75, 3.05) is 12.9 Å². The van der Waals surface area contributed by atoms with Gasteiger partial charge in [-0.2, -0.15) is 0 Å². The molecule has 0 spiro atoms. The first-order chi connectivity index (χ1) is 13.8. The summed E-state index contributed by atoms with van der Waals surface area (Å²) >= 11 is 1.72. The lowest BCUT2D eigenvalue weighted by molar-refractivity contribution is 0.414. The summed E-state index contributed by atoms with van der Waals surface area (Å²) in [6.45, 7) is 0. The van der Waals surface area contributed by atoms with Gasteiger partial charge in [0, 0.05) is 17.0 Å². The Morgan fingerprint density at radius 1 is 0.821 bits per heavy atom. The molecule has 3 aromatic carbocycles. The van der Waals surface area contributed by atoms with Crippen molar-refractivity contribution >= 4 is 11.8 Å². The quantitative estimate of drug-likeness (QED) is 0.405. The van der Waals surface area contributed by atoms with Crippen LogP contribution in [0.3, 0.4) is 0 Å². The second kappa shape index (κ2) is 8.76. The molecule has 0 aliphatic heterocycles. The highest BCUT2D eigenvalue weighted by Gasteiger charge is 2.15. The zero-order chi connectivity index (χ0) is 19.2. The minimum Gasteiger partial charge on any atom is -0.497 e. The molecule has 0 saturated carbocycles. The standard InChI is InChI=1S/C23H21N3OS/c1-27-21-14-12-18(13-15-21)16-17-28-23-25-24-22(19-8-4-2-5-9-19)26(23)20-10-6-3-7-11-20/h2-15H,16-17H2,1H3. The Kier molecular flexibility index (Phi) is 5.73. The Balaban J connectivity index is 1.57. The highest BCUT2D eigenvalue weighted by atomic mass is 32.2. The molecule has 0 unspecified atom stereocenters. The highest BCUT2D eigenvalue weighted by Crippen LogP contribution is 2.28. The van der Waals surface area contributed by atoms with Gasteiger partial charge < -0.3 is 4.74 Å². The van der Waals surface area contributed by atoms with Crippen molar-refractivity contribution < 1.29 is 4.74 Å². The van der Waals surface area contributed by atoms with Gasteiger partial charge in [0.05, 0.1) is 7.11 Å². The van der Waals surface area contributed by atoms with Gasteiger partial charge >= 0.3 is 0 Å². The van der Waals surface area contributed by atoms with Gasteiger partial charge in [-0.25, -0.2) is 0 Å². The smallest absolute Gasteiger partial charge is 0.196 e. The molecule has 0 atom stereocenters. The first-order valence-electron chi connectivity index (χ1n) is 9.17. The maximum Gasteiger partial charge on any atom is 0.196 e. The number of aryl methyl sites for hydroxylation is 1. The molecule has 1 heterocycles. The summed E-state index contributed by atoms with van der Waals surface area (Å²) in [5.41, 5.74) is 3.40. The first kappa shape index (κ1) is 18.3. The topological polar surface area (TPSA) is 39.9 Å². The van der Waals surface area contributed by atoms with Crippen LogP contribution in [0.2, 0.25) is 0 Å². The van der Waals surface area contributed by atoms with E-state index in [1.165, 1.54) is 5.56 Å². The minimum absolute atomic E-state index is 0.860. The largest absolute Gasteiger partial charge is 0.497 e. The number of para-hydroxylation sites is 1. The molecule has 0 radical (unpaired) electrons. The van der Waals surface area contributed by atoms with Crippen LogP contribution in [-0.4, -0.2) is 27.6 Å².